The van der Waals surface area contributed by atoms with Crippen LogP contribution in [0.5, 0.6) is 23.0 Å². The van der Waals surface area contributed by atoms with Crippen molar-refractivity contribution in [2.24, 2.45) is 0 Å². The molecule has 8 aromatic rings. The van der Waals surface area contributed by atoms with E-state index in [1.54, 1.807) is 40.6 Å². The highest BCUT2D eigenvalue weighted by molar-refractivity contribution is 9.10. The van der Waals surface area contributed by atoms with Crippen molar-refractivity contribution in [3.63, 3.8) is 0 Å². The fourth-order valence-electron chi connectivity index (χ4n) is 10.4. The topological polar surface area (TPSA) is 136 Å². The number of nitrogens with zero attached hydrogens (tertiary/aromatic N) is 2. The fourth-order valence-corrected chi connectivity index (χ4v) is 10.7. The molecular weight excluding hydrogens is 1120 g/mol. The number of carbonyl (C=O) groups excluding carboxylic acids is 2. The molecule has 2 unspecified atom stereocenters. The lowest BCUT2D eigenvalue weighted by atomic mass is 9.80. The summed E-state index contributed by atoms with van der Waals surface area (Å²) in [6.45, 7) is 12.5. The molecule has 2 N–H and O–H groups in total. The number of carbonyl (C=O) groups is 2. The lowest BCUT2D eigenvalue weighted by molar-refractivity contribution is 0.0130. The Hall–Kier alpha value is -8.04. The van der Waals surface area contributed by atoms with Crippen molar-refractivity contribution in [1.29, 1.82) is 0 Å². The Morgan fingerprint density at radius 2 is 0.774 bits per heavy atom. The van der Waals surface area contributed by atoms with Gasteiger partial charge in [-0.05, 0) is 176 Å². The number of fused-ring (bicyclic) bond motifs is 2. The van der Waals surface area contributed by atoms with Gasteiger partial charge in [0.2, 0.25) is 0 Å². The van der Waals surface area contributed by atoms with E-state index in [0.717, 1.165) is 61.8 Å². The molecule has 12 nitrogen and oxygen atoms in total. The van der Waals surface area contributed by atoms with Crippen LogP contribution in [0.4, 0.5) is 9.59 Å². The van der Waals surface area contributed by atoms with E-state index in [0.29, 0.717) is 54.4 Å². The number of methoxy groups -OCH3 is 4. The molecule has 0 aromatic heterocycles. The minimum Gasteiger partial charge on any atom is -0.493 e. The summed E-state index contributed by atoms with van der Waals surface area (Å²) in [6, 6.07) is 60.8. The number of benzene rings is 8. The van der Waals surface area contributed by atoms with Crippen LogP contribution in [0.3, 0.4) is 0 Å². The molecule has 2 heterocycles. The smallest absolute Gasteiger partial charge is 0.488 e. The van der Waals surface area contributed by atoms with Gasteiger partial charge in [-0.15, -0.1) is 0 Å². The zero-order valence-corrected chi connectivity index (χ0v) is 51.3. The molecule has 0 saturated heterocycles. The summed E-state index contributed by atoms with van der Waals surface area (Å²) >= 11 is 3.48. The normalized spacial score (nSPS) is 14.4. The van der Waals surface area contributed by atoms with Crippen molar-refractivity contribution < 1.29 is 48.1 Å². The third-order valence-electron chi connectivity index (χ3n) is 14.6. The lowest BCUT2D eigenvalue weighted by Crippen LogP contribution is -2.43. The van der Waals surface area contributed by atoms with Gasteiger partial charge in [-0.2, -0.15) is 0 Å². The first-order valence-electron chi connectivity index (χ1n) is 28.2. The maximum absolute atomic E-state index is 13.3. The van der Waals surface area contributed by atoms with Gasteiger partial charge >= 0.3 is 19.3 Å². The predicted molar refractivity (Wildman–Crippen MR) is 338 cm³/mol. The largest absolute Gasteiger partial charge is 0.493 e. The molecule has 2 amide bonds. The zero-order chi connectivity index (χ0) is 60.1. The van der Waals surface area contributed by atoms with Gasteiger partial charge in [-0.3, -0.25) is 0 Å². The van der Waals surface area contributed by atoms with Crippen molar-refractivity contribution in [2.75, 3.05) is 41.5 Å². The second kappa shape index (κ2) is 28.0. The Bertz CT molecular complexity index is 3440. The second-order valence-corrected chi connectivity index (χ2v) is 23.6. The number of hydrogen-bond donors (Lipinski definition) is 2. The Balaban J connectivity index is 0.000000182. The summed E-state index contributed by atoms with van der Waals surface area (Å²) < 4.78 is 34.7. The van der Waals surface area contributed by atoms with Crippen molar-refractivity contribution in [3.05, 3.63) is 220 Å². The van der Waals surface area contributed by atoms with E-state index in [1.807, 2.05) is 136 Å². The zero-order valence-electron chi connectivity index (χ0n) is 49.7. The molecule has 0 bridgehead atoms. The average Bonchev–Trinajstić information content (AvgIpc) is 3.51. The van der Waals surface area contributed by atoms with Crippen LogP contribution in [-0.2, 0) is 35.2 Å². The molecule has 0 saturated carbocycles. The first kappa shape index (κ1) is 62.0. The molecule has 84 heavy (non-hydrogen) atoms. The summed E-state index contributed by atoms with van der Waals surface area (Å²) in [6.07, 6.45) is 2.23. The standard InChI is InChI=1S/C35H37NO4.C23H28BrNO4.C12H11BO2/c1-35(2,3)40-34(37)36-20-19-29-22-32(38-4)33(39-5)23-30(29)31(36)21-24-11-13-26(14-12-24)28-17-15-27(16-18-28)25-9-7-6-8-10-25;1-23(2,3)29-22(26)25-11-10-16-13-20(27-4)21(28-5)14-18(16)19(25)12-15-6-8-17(24)9-7-15;14-13(15)12-8-6-11(7-9-12)10-4-2-1-3-5-10/h6-18,22-23,31H,19-21H2,1-5H3;6-9,13-14,19H,10-12H2,1-5H3;1-9,14-15H. The highest BCUT2D eigenvalue weighted by Crippen LogP contribution is 2.42. The molecule has 2 atom stereocenters. The Morgan fingerprint density at radius 1 is 0.464 bits per heavy atom. The van der Waals surface area contributed by atoms with Gasteiger partial charge in [0.1, 0.15) is 11.2 Å². The summed E-state index contributed by atoms with van der Waals surface area (Å²) in [5, 5.41) is 17.9. The van der Waals surface area contributed by atoms with E-state index < -0.39 is 18.3 Å². The van der Waals surface area contributed by atoms with E-state index >= 15 is 0 Å². The van der Waals surface area contributed by atoms with Crippen molar-refractivity contribution in [2.45, 2.75) is 90.5 Å². The summed E-state index contributed by atoms with van der Waals surface area (Å²) in [5.74, 6) is 2.73. The molecule has 0 fully saturated rings. The minimum absolute atomic E-state index is 0.144. The number of ether oxygens (including phenoxy) is 6. The highest BCUT2D eigenvalue weighted by atomic mass is 79.9. The summed E-state index contributed by atoms with van der Waals surface area (Å²) in [4.78, 5) is 30.0. The van der Waals surface area contributed by atoms with Crippen LogP contribution in [0.2, 0.25) is 0 Å². The van der Waals surface area contributed by atoms with Gasteiger partial charge in [0.25, 0.3) is 0 Å². The lowest BCUT2D eigenvalue weighted by Gasteiger charge is -2.38. The molecule has 0 radical (unpaired) electrons. The number of hydrogen-bond acceptors (Lipinski definition) is 10. The maximum Gasteiger partial charge on any atom is 0.488 e. The quantitative estimate of drug-likeness (QED) is 0.114. The first-order valence-corrected chi connectivity index (χ1v) is 29.0. The van der Waals surface area contributed by atoms with Gasteiger partial charge in [0.05, 0.1) is 40.5 Å². The van der Waals surface area contributed by atoms with E-state index in [9.17, 15) is 9.59 Å². The van der Waals surface area contributed by atoms with Crippen molar-refractivity contribution in [3.8, 4) is 56.4 Å². The van der Waals surface area contributed by atoms with Crippen LogP contribution < -0.4 is 24.4 Å². The number of halogens is 1. The SMILES string of the molecule is COc1cc2c(cc1OC)C(Cc1ccc(-c3ccc(-c4ccccc4)cc3)cc1)N(C(=O)OC(C)(C)C)CC2.COc1cc2c(cc1OC)C(Cc1ccc(Br)cc1)N(C(=O)OC(C)(C)C)CC2.OB(O)c1ccc(-c2ccccc2)cc1. The van der Waals surface area contributed by atoms with Crippen LogP contribution in [0.15, 0.2) is 186 Å². The van der Waals surface area contributed by atoms with Crippen LogP contribution in [0.25, 0.3) is 33.4 Å². The van der Waals surface area contributed by atoms with E-state index in [4.69, 9.17) is 38.5 Å². The molecule has 2 aliphatic heterocycles. The van der Waals surface area contributed by atoms with Crippen LogP contribution >= 0.6 is 15.9 Å². The van der Waals surface area contributed by atoms with Gasteiger partial charge in [-0.25, -0.2) is 9.59 Å². The number of amides is 2. The third-order valence-corrected chi connectivity index (χ3v) is 15.2. The predicted octanol–water partition coefficient (Wildman–Crippen LogP) is 14.7. The first-order chi connectivity index (χ1) is 40.2. The molecule has 8 aromatic carbocycles. The van der Waals surface area contributed by atoms with Crippen LogP contribution in [0.1, 0.15) is 87.0 Å². The summed E-state index contributed by atoms with van der Waals surface area (Å²) in [7, 11) is 5.16. The summed E-state index contributed by atoms with van der Waals surface area (Å²) in [5.41, 5.74) is 13.1. The fraction of sp³-hybridized carbons (Fsp3) is 0.286. The van der Waals surface area contributed by atoms with E-state index in [2.05, 4.69) is 101 Å². The molecular formula is C70H76BBrN2O10. The molecule has 2 aliphatic rings. The Morgan fingerprint density at radius 3 is 1.11 bits per heavy atom. The molecule has 0 spiro atoms. The third kappa shape index (κ3) is 16.2. The highest BCUT2D eigenvalue weighted by Gasteiger charge is 2.37. The minimum atomic E-state index is -1.39. The molecule has 14 heteroatoms. The molecule has 0 aliphatic carbocycles. The van der Waals surface area contributed by atoms with Crippen molar-refractivity contribution >= 4 is 40.7 Å². The van der Waals surface area contributed by atoms with Crippen molar-refractivity contribution in [1.82, 2.24) is 9.80 Å². The maximum atomic E-state index is 13.3. The van der Waals surface area contributed by atoms with Gasteiger partial charge in [0.15, 0.2) is 23.0 Å². The van der Waals surface area contributed by atoms with E-state index in [-0.39, 0.29) is 24.3 Å². The Labute approximate surface area is 504 Å². The monoisotopic (exact) mass is 1190 g/mol. The second-order valence-electron chi connectivity index (χ2n) is 22.7. The average molecular weight is 1200 g/mol. The molecule has 10 rings (SSSR count). The van der Waals surface area contributed by atoms with Gasteiger partial charge < -0.3 is 48.3 Å². The Kier molecular flexibility index (Phi) is 20.7. The van der Waals surface area contributed by atoms with E-state index in [1.165, 1.54) is 22.3 Å². The van der Waals surface area contributed by atoms with Crippen LogP contribution in [-0.4, -0.2) is 91.9 Å². The van der Waals surface area contributed by atoms with Crippen LogP contribution in [0, 0.1) is 0 Å². The number of rotatable bonds is 12. The van der Waals surface area contributed by atoms with Gasteiger partial charge in [-0.1, -0.05) is 162 Å². The molecule has 436 valence electrons. The van der Waals surface area contributed by atoms with Gasteiger partial charge in [0, 0.05) is 17.6 Å².